The van der Waals surface area contributed by atoms with Crippen LogP contribution in [0.15, 0.2) is 0 Å². The lowest BCUT2D eigenvalue weighted by atomic mass is 9.67. The van der Waals surface area contributed by atoms with Crippen LogP contribution in [0.2, 0.25) is 13.1 Å². The summed E-state index contributed by atoms with van der Waals surface area (Å²) in [5, 5.41) is 0. The van der Waals surface area contributed by atoms with Gasteiger partial charge in [0.25, 0.3) is 0 Å². The fraction of sp³-hybridized carbons (Fsp3) is 0.917. The fourth-order valence-electron chi connectivity index (χ4n) is 2.38. The second-order valence-corrected chi connectivity index (χ2v) is 8.47. The van der Waals surface area contributed by atoms with Gasteiger partial charge in [-0.3, -0.25) is 0 Å². The van der Waals surface area contributed by atoms with E-state index in [1.54, 1.807) is 0 Å². The summed E-state index contributed by atoms with van der Waals surface area (Å²) in [6.07, 6.45) is 3.52. The summed E-state index contributed by atoms with van der Waals surface area (Å²) in [5.41, 5.74) is 0.204. The summed E-state index contributed by atoms with van der Waals surface area (Å²) in [5.74, 6) is 0.910. The molecule has 2 nitrogen and oxygen atoms in total. The zero-order chi connectivity index (χ0) is 11.6. The van der Waals surface area contributed by atoms with Gasteiger partial charge in [-0.15, -0.1) is 0 Å². The first-order chi connectivity index (χ1) is 6.84. The molecular formula is C12H24O2Si. The zero-order valence-corrected chi connectivity index (χ0v) is 11.8. The van der Waals surface area contributed by atoms with Crippen LogP contribution in [-0.2, 0) is 9.22 Å². The van der Waals surface area contributed by atoms with Crippen molar-refractivity contribution in [3.8, 4) is 0 Å². The van der Waals surface area contributed by atoms with E-state index in [-0.39, 0.29) is 5.41 Å². The molecule has 0 saturated heterocycles. The maximum atomic E-state index is 10.6. The quantitative estimate of drug-likeness (QED) is 0.546. The maximum Gasteiger partial charge on any atom is 0.171 e. The van der Waals surface area contributed by atoms with E-state index < -0.39 is 9.04 Å². The van der Waals surface area contributed by atoms with Crippen LogP contribution in [0.4, 0.5) is 0 Å². The molecule has 0 radical (unpaired) electrons. The lowest BCUT2D eigenvalue weighted by Crippen LogP contribution is -2.45. The van der Waals surface area contributed by atoms with E-state index in [1.165, 1.54) is 0 Å². The predicted molar refractivity (Wildman–Crippen MR) is 65.5 cm³/mol. The van der Waals surface area contributed by atoms with E-state index in [1.807, 2.05) is 0 Å². The molecule has 0 spiro atoms. The van der Waals surface area contributed by atoms with Gasteiger partial charge in [0, 0.05) is 5.92 Å². The first-order valence-electron chi connectivity index (χ1n) is 5.95. The summed E-state index contributed by atoms with van der Waals surface area (Å²) in [6, 6.07) is 0. The highest BCUT2D eigenvalue weighted by Gasteiger charge is 2.41. The minimum Gasteiger partial charge on any atom is -0.417 e. The summed E-state index contributed by atoms with van der Waals surface area (Å²) < 4.78 is 6.13. The molecule has 0 bridgehead atoms. The van der Waals surface area contributed by atoms with Crippen LogP contribution in [0.25, 0.3) is 0 Å². The number of aldehydes is 1. The molecular weight excluding hydrogens is 204 g/mol. The van der Waals surface area contributed by atoms with Gasteiger partial charge >= 0.3 is 0 Å². The van der Waals surface area contributed by atoms with Crippen molar-refractivity contribution in [1.82, 2.24) is 0 Å². The van der Waals surface area contributed by atoms with E-state index in [0.29, 0.717) is 17.9 Å². The second kappa shape index (κ2) is 4.79. The number of carbonyl (C=O) groups excluding carboxylic acids is 1. The molecule has 1 fully saturated rings. The van der Waals surface area contributed by atoms with Gasteiger partial charge in [0.1, 0.15) is 6.29 Å². The Hall–Kier alpha value is -0.153. The van der Waals surface area contributed by atoms with Crippen molar-refractivity contribution in [3.63, 3.8) is 0 Å². The van der Waals surface area contributed by atoms with Crippen LogP contribution in [0.5, 0.6) is 0 Å². The number of rotatable bonds is 4. The van der Waals surface area contributed by atoms with Crippen molar-refractivity contribution in [2.75, 3.05) is 0 Å². The van der Waals surface area contributed by atoms with Gasteiger partial charge in [-0.25, -0.2) is 0 Å². The molecule has 0 N–H and O–H groups in total. The van der Waals surface area contributed by atoms with Gasteiger partial charge < -0.3 is 9.22 Å². The van der Waals surface area contributed by atoms with Crippen molar-refractivity contribution in [3.05, 3.63) is 0 Å². The van der Waals surface area contributed by atoms with Crippen LogP contribution >= 0.6 is 0 Å². The highest BCUT2D eigenvalue weighted by atomic mass is 28.3. The molecule has 15 heavy (non-hydrogen) atoms. The summed E-state index contributed by atoms with van der Waals surface area (Å²) in [7, 11) is -0.982. The number of hydrogen-bond donors (Lipinski definition) is 0. The Morgan fingerprint density at radius 3 is 2.20 bits per heavy atom. The molecule has 1 aliphatic carbocycles. The van der Waals surface area contributed by atoms with Crippen molar-refractivity contribution in [1.29, 1.82) is 0 Å². The predicted octanol–water partition coefficient (Wildman–Crippen LogP) is 2.63. The van der Waals surface area contributed by atoms with Crippen LogP contribution in [0.1, 0.15) is 33.6 Å². The van der Waals surface area contributed by atoms with Crippen molar-refractivity contribution >= 4 is 15.3 Å². The van der Waals surface area contributed by atoms with Crippen LogP contribution in [0.3, 0.4) is 0 Å². The molecule has 0 aromatic heterocycles. The molecule has 88 valence electrons. The van der Waals surface area contributed by atoms with Gasteiger partial charge in [-0.1, -0.05) is 20.8 Å². The standard InChI is InChI=1S/C12H24O2Si/c1-12(2,3)11(14-15(4)5)10-6-9(7-10)8-13/h8-11,15H,6-7H2,1-5H3. The molecule has 0 aromatic rings. The van der Waals surface area contributed by atoms with Crippen LogP contribution < -0.4 is 0 Å². The van der Waals surface area contributed by atoms with E-state index in [9.17, 15) is 4.79 Å². The molecule has 0 heterocycles. The fourth-order valence-corrected chi connectivity index (χ4v) is 3.60. The Labute approximate surface area is 95.1 Å². The molecule has 1 atom stereocenters. The molecule has 1 saturated carbocycles. The summed E-state index contributed by atoms with van der Waals surface area (Å²) in [6.45, 7) is 11.2. The Morgan fingerprint density at radius 2 is 1.87 bits per heavy atom. The lowest BCUT2D eigenvalue weighted by molar-refractivity contribution is -0.117. The summed E-state index contributed by atoms with van der Waals surface area (Å²) in [4.78, 5) is 10.6. The lowest BCUT2D eigenvalue weighted by Gasteiger charge is -2.45. The first kappa shape index (κ1) is 12.9. The molecule has 1 rings (SSSR count). The molecule has 0 amide bonds. The average molecular weight is 228 g/mol. The average Bonchev–Trinajstić information content (AvgIpc) is 1.98. The SMILES string of the molecule is C[SiH](C)OC(C1CC(C=O)C1)C(C)(C)C. The Kier molecular flexibility index (Phi) is 4.12. The summed E-state index contributed by atoms with van der Waals surface area (Å²) >= 11 is 0. The van der Waals surface area contributed by atoms with E-state index in [2.05, 4.69) is 33.9 Å². The Morgan fingerprint density at radius 1 is 1.33 bits per heavy atom. The van der Waals surface area contributed by atoms with Gasteiger partial charge in [0.15, 0.2) is 9.04 Å². The number of hydrogen-bond acceptors (Lipinski definition) is 2. The van der Waals surface area contributed by atoms with E-state index in [0.717, 1.165) is 19.1 Å². The molecule has 1 aliphatic rings. The highest BCUT2D eigenvalue weighted by molar-refractivity contribution is 6.48. The highest BCUT2D eigenvalue weighted by Crippen LogP contribution is 2.42. The topological polar surface area (TPSA) is 26.3 Å². The Bertz CT molecular complexity index is 214. The third-order valence-electron chi connectivity index (χ3n) is 3.10. The van der Waals surface area contributed by atoms with E-state index in [4.69, 9.17) is 4.43 Å². The normalized spacial score (nSPS) is 28.7. The van der Waals surface area contributed by atoms with Crippen molar-refractivity contribution in [2.24, 2.45) is 17.3 Å². The van der Waals surface area contributed by atoms with E-state index >= 15 is 0 Å². The first-order valence-corrected chi connectivity index (χ1v) is 8.73. The minimum absolute atomic E-state index is 0.204. The van der Waals surface area contributed by atoms with Gasteiger partial charge in [0.05, 0.1) is 6.10 Å². The van der Waals surface area contributed by atoms with Crippen molar-refractivity contribution in [2.45, 2.75) is 52.8 Å². The van der Waals surface area contributed by atoms with Gasteiger partial charge in [0.2, 0.25) is 0 Å². The molecule has 0 aromatic carbocycles. The Balaban J connectivity index is 2.55. The third-order valence-corrected chi connectivity index (χ3v) is 3.94. The molecule has 0 aliphatic heterocycles. The number of carbonyl (C=O) groups is 1. The van der Waals surface area contributed by atoms with Crippen LogP contribution in [0, 0.1) is 17.3 Å². The van der Waals surface area contributed by atoms with Gasteiger partial charge in [-0.2, -0.15) is 0 Å². The molecule has 3 heteroatoms. The maximum absolute atomic E-state index is 10.6. The second-order valence-electron chi connectivity index (χ2n) is 6.10. The van der Waals surface area contributed by atoms with Crippen molar-refractivity contribution < 1.29 is 9.22 Å². The monoisotopic (exact) mass is 228 g/mol. The third kappa shape index (κ3) is 3.42. The largest absolute Gasteiger partial charge is 0.417 e. The zero-order valence-electron chi connectivity index (χ0n) is 10.6. The smallest absolute Gasteiger partial charge is 0.171 e. The minimum atomic E-state index is -0.982. The van der Waals surface area contributed by atoms with Gasteiger partial charge in [-0.05, 0) is 37.3 Å². The van der Waals surface area contributed by atoms with Crippen LogP contribution in [-0.4, -0.2) is 21.4 Å². The molecule has 1 unspecified atom stereocenters.